The number of imide groups is 1. The maximum absolute atomic E-state index is 12.0. The Bertz CT molecular complexity index is 747. The summed E-state index contributed by atoms with van der Waals surface area (Å²) in [6.45, 7) is 4.68. The summed E-state index contributed by atoms with van der Waals surface area (Å²) in [6.07, 6.45) is 6.11. The van der Waals surface area contributed by atoms with Crippen LogP contribution in [0.1, 0.15) is 44.1 Å². The fraction of sp³-hybridized carbons (Fsp3) is 0.500. The Labute approximate surface area is 154 Å². The number of aromatic nitrogens is 1. The molecular weight excluding hydrogens is 328 g/mol. The van der Waals surface area contributed by atoms with Gasteiger partial charge >= 0.3 is 6.03 Å². The second-order valence-corrected chi connectivity index (χ2v) is 7.00. The number of urea groups is 1. The van der Waals surface area contributed by atoms with E-state index in [1.165, 1.54) is 16.5 Å². The number of piperidine rings is 1. The molecule has 0 atom stereocenters. The summed E-state index contributed by atoms with van der Waals surface area (Å²) < 4.78 is 0. The summed E-state index contributed by atoms with van der Waals surface area (Å²) in [5.41, 5.74) is 2.55. The molecule has 6 nitrogen and oxygen atoms in total. The molecule has 1 aromatic heterocycles. The maximum atomic E-state index is 12.0. The van der Waals surface area contributed by atoms with Crippen molar-refractivity contribution in [2.24, 2.45) is 0 Å². The summed E-state index contributed by atoms with van der Waals surface area (Å²) in [7, 11) is 0. The number of unbranched alkanes of at least 4 members (excludes halogenated alkanes) is 1. The molecule has 0 spiro atoms. The molecule has 2 aromatic rings. The van der Waals surface area contributed by atoms with Crippen molar-refractivity contribution in [2.45, 2.75) is 38.5 Å². The van der Waals surface area contributed by atoms with Crippen molar-refractivity contribution in [3.8, 4) is 0 Å². The van der Waals surface area contributed by atoms with Gasteiger partial charge in [-0.25, -0.2) is 4.79 Å². The van der Waals surface area contributed by atoms with E-state index < -0.39 is 6.03 Å². The minimum atomic E-state index is -0.392. The van der Waals surface area contributed by atoms with Gasteiger partial charge in [0.05, 0.1) is 6.54 Å². The SMILES string of the molecule is CCCCNC(=O)NC(=O)CN1CCC(c2c[nH]c3ccccc23)CC1. The van der Waals surface area contributed by atoms with E-state index >= 15 is 0 Å². The van der Waals surface area contributed by atoms with Crippen molar-refractivity contribution < 1.29 is 9.59 Å². The van der Waals surface area contributed by atoms with Crippen molar-refractivity contribution in [3.05, 3.63) is 36.0 Å². The standard InChI is InChI=1S/C20H28N4O2/c1-2-3-10-21-20(26)23-19(25)14-24-11-8-15(9-12-24)17-13-22-18-7-5-4-6-16(17)18/h4-7,13,15,22H,2-3,8-12,14H2,1H3,(H2,21,23,25,26). The first kappa shape index (κ1) is 18.5. The number of hydrogen-bond acceptors (Lipinski definition) is 3. The van der Waals surface area contributed by atoms with E-state index in [4.69, 9.17) is 0 Å². The first-order valence-corrected chi connectivity index (χ1v) is 9.53. The lowest BCUT2D eigenvalue weighted by Gasteiger charge is -2.31. The molecule has 0 unspecified atom stereocenters. The lowest BCUT2D eigenvalue weighted by molar-refractivity contribution is -0.121. The Morgan fingerprint density at radius 2 is 2.00 bits per heavy atom. The number of carbonyl (C=O) groups is 2. The van der Waals surface area contributed by atoms with Crippen molar-refractivity contribution >= 4 is 22.8 Å². The molecule has 140 valence electrons. The Morgan fingerprint density at radius 3 is 2.77 bits per heavy atom. The number of nitrogens with zero attached hydrogens (tertiary/aromatic N) is 1. The van der Waals surface area contributed by atoms with E-state index in [2.05, 4.69) is 51.8 Å². The highest BCUT2D eigenvalue weighted by atomic mass is 16.2. The molecule has 1 aromatic carbocycles. The number of rotatable bonds is 6. The molecular formula is C20H28N4O2. The van der Waals surface area contributed by atoms with Gasteiger partial charge in [-0.15, -0.1) is 0 Å². The van der Waals surface area contributed by atoms with Crippen molar-refractivity contribution in [1.29, 1.82) is 0 Å². The van der Waals surface area contributed by atoms with Crippen LogP contribution in [0.15, 0.2) is 30.5 Å². The van der Waals surface area contributed by atoms with Crippen LogP contribution in [0.25, 0.3) is 10.9 Å². The third-order valence-corrected chi connectivity index (χ3v) is 5.08. The first-order valence-electron chi connectivity index (χ1n) is 9.53. The van der Waals surface area contributed by atoms with Gasteiger partial charge in [-0.2, -0.15) is 0 Å². The molecule has 3 rings (SSSR count). The van der Waals surface area contributed by atoms with Crippen LogP contribution >= 0.6 is 0 Å². The van der Waals surface area contributed by atoms with E-state index in [0.717, 1.165) is 38.8 Å². The fourth-order valence-electron chi connectivity index (χ4n) is 3.63. The fourth-order valence-corrected chi connectivity index (χ4v) is 3.63. The predicted molar refractivity (Wildman–Crippen MR) is 103 cm³/mol. The number of aromatic amines is 1. The third kappa shape index (κ3) is 4.64. The molecule has 3 N–H and O–H groups in total. The first-order chi connectivity index (χ1) is 12.7. The highest BCUT2D eigenvalue weighted by Crippen LogP contribution is 2.32. The second-order valence-electron chi connectivity index (χ2n) is 7.00. The lowest BCUT2D eigenvalue weighted by Crippen LogP contribution is -2.46. The average Bonchev–Trinajstić information content (AvgIpc) is 3.06. The Hall–Kier alpha value is -2.34. The van der Waals surface area contributed by atoms with Gasteiger partial charge < -0.3 is 10.3 Å². The zero-order chi connectivity index (χ0) is 18.4. The van der Waals surface area contributed by atoms with Gasteiger partial charge in [0.2, 0.25) is 5.91 Å². The lowest BCUT2D eigenvalue weighted by atomic mass is 9.89. The smallest absolute Gasteiger partial charge is 0.321 e. The van der Waals surface area contributed by atoms with Gasteiger partial charge in [-0.3, -0.25) is 15.0 Å². The number of hydrogen-bond donors (Lipinski definition) is 3. The average molecular weight is 356 g/mol. The van der Waals surface area contributed by atoms with E-state index in [1.807, 2.05) is 6.07 Å². The zero-order valence-corrected chi connectivity index (χ0v) is 15.4. The van der Waals surface area contributed by atoms with Crippen LogP contribution in [-0.2, 0) is 4.79 Å². The van der Waals surface area contributed by atoms with Crippen molar-refractivity contribution in [1.82, 2.24) is 20.5 Å². The minimum absolute atomic E-state index is 0.232. The van der Waals surface area contributed by atoms with Crippen LogP contribution in [-0.4, -0.2) is 48.0 Å². The molecule has 0 bridgehead atoms. The maximum Gasteiger partial charge on any atom is 0.321 e. The van der Waals surface area contributed by atoms with Gasteiger partial charge in [-0.05, 0) is 49.9 Å². The Balaban J connectivity index is 1.45. The molecule has 0 saturated carbocycles. The van der Waals surface area contributed by atoms with E-state index in [-0.39, 0.29) is 12.5 Å². The zero-order valence-electron chi connectivity index (χ0n) is 15.4. The number of carbonyl (C=O) groups excluding carboxylic acids is 2. The second kappa shape index (κ2) is 8.85. The molecule has 1 fully saturated rings. The minimum Gasteiger partial charge on any atom is -0.361 e. The van der Waals surface area contributed by atoms with Gasteiger partial charge in [0.1, 0.15) is 0 Å². The predicted octanol–water partition coefficient (Wildman–Crippen LogP) is 2.97. The van der Waals surface area contributed by atoms with Crippen LogP contribution in [0.4, 0.5) is 4.79 Å². The van der Waals surface area contributed by atoms with Gasteiger partial charge in [0, 0.05) is 23.6 Å². The largest absolute Gasteiger partial charge is 0.361 e. The van der Waals surface area contributed by atoms with Gasteiger partial charge in [0.15, 0.2) is 0 Å². The molecule has 6 heteroatoms. The number of H-pyrrole nitrogens is 1. The van der Waals surface area contributed by atoms with E-state index in [1.54, 1.807) is 0 Å². The molecule has 2 heterocycles. The number of amides is 3. The van der Waals surface area contributed by atoms with E-state index in [0.29, 0.717) is 12.5 Å². The number of benzene rings is 1. The summed E-state index contributed by atoms with van der Waals surface area (Å²) >= 11 is 0. The van der Waals surface area contributed by atoms with Crippen LogP contribution in [0.2, 0.25) is 0 Å². The van der Waals surface area contributed by atoms with Gasteiger partial charge in [-0.1, -0.05) is 31.5 Å². The summed E-state index contributed by atoms with van der Waals surface area (Å²) in [6, 6.07) is 7.99. The molecule has 1 saturated heterocycles. The van der Waals surface area contributed by atoms with Gasteiger partial charge in [0.25, 0.3) is 0 Å². The van der Waals surface area contributed by atoms with Crippen LogP contribution in [0, 0.1) is 0 Å². The number of para-hydroxylation sites is 1. The number of nitrogens with one attached hydrogen (secondary N) is 3. The van der Waals surface area contributed by atoms with Crippen LogP contribution in [0.3, 0.4) is 0 Å². The molecule has 3 amide bonds. The molecule has 1 aliphatic rings. The normalized spacial score (nSPS) is 15.9. The summed E-state index contributed by atoms with van der Waals surface area (Å²) in [5.74, 6) is 0.285. The topological polar surface area (TPSA) is 77.2 Å². The molecule has 1 aliphatic heterocycles. The van der Waals surface area contributed by atoms with Crippen molar-refractivity contribution in [2.75, 3.05) is 26.2 Å². The Kier molecular flexibility index (Phi) is 6.28. The highest BCUT2D eigenvalue weighted by Gasteiger charge is 2.24. The number of fused-ring (bicyclic) bond motifs is 1. The number of likely N-dealkylation sites (tertiary alicyclic amines) is 1. The highest BCUT2D eigenvalue weighted by molar-refractivity contribution is 5.95. The van der Waals surface area contributed by atoms with Crippen LogP contribution in [0.5, 0.6) is 0 Å². The molecule has 0 radical (unpaired) electrons. The van der Waals surface area contributed by atoms with Crippen LogP contribution < -0.4 is 10.6 Å². The summed E-state index contributed by atoms with van der Waals surface area (Å²) in [4.78, 5) is 29.1. The Morgan fingerprint density at radius 1 is 1.23 bits per heavy atom. The molecule has 0 aliphatic carbocycles. The monoisotopic (exact) mass is 356 g/mol. The van der Waals surface area contributed by atoms with E-state index in [9.17, 15) is 9.59 Å². The molecule has 26 heavy (non-hydrogen) atoms. The quantitative estimate of drug-likeness (QED) is 0.697. The summed E-state index contributed by atoms with van der Waals surface area (Å²) in [5, 5.41) is 6.41. The third-order valence-electron chi connectivity index (χ3n) is 5.08. The van der Waals surface area contributed by atoms with Crippen molar-refractivity contribution in [3.63, 3.8) is 0 Å².